The van der Waals surface area contributed by atoms with Crippen molar-refractivity contribution in [2.75, 3.05) is 36.0 Å². The van der Waals surface area contributed by atoms with E-state index in [1.807, 2.05) is 0 Å². The van der Waals surface area contributed by atoms with Crippen LogP contribution >= 0.6 is 0 Å². The van der Waals surface area contributed by atoms with Gasteiger partial charge in [0.2, 0.25) is 11.8 Å². The first-order valence-electron chi connectivity index (χ1n) is 9.80. The molecule has 2 aromatic rings. The Bertz CT molecular complexity index is 1030. The zero-order valence-corrected chi connectivity index (χ0v) is 16.4. The van der Waals surface area contributed by atoms with Crippen molar-refractivity contribution in [1.29, 1.82) is 0 Å². The second-order valence-corrected chi connectivity index (χ2v) is 7.49. The van der Waals surface area contributed by atoms with Gasteiger partial charge >= 0.3 is 0 Å². The molecule has 1 unspecified atom stereocenters. The molecule has 1 N–H and O–H groups in total. The fourth-order valence-electron chi connectivity index (χ4n) is 3.97. The number of halogens is 3. The Labute approximate surface area is 175 Å². The van der Waals surface area contributed by atoms with Gasteiger partial charge in [-0.15, -0.1) is 0 Å². The number of aldehydes is 1. The minimum atomic E-state index is -1.05. The van der Waals surface area contributed by atoms with Crippen LogP contribution in [0.3, 0.4) is 0 Å². The van der Waals surface area contributed by atoms with Gasteiger partial charge in [0.05, 0.1) is 5.92 Å². The second-order valence-electron chi connectivity index (χ2n) is 7.49. The third-order valence-corrected chi connectivity index (χ3v) is 5.57. The van der Waals surface area contributed by atoms with Crippen LogP contribution in [0.1, 0.15) is 34.7 Å². The topological polar surface area (TPSA) is 82.6 Å². The summed E-state index contributed by atoms with van der Waals surface area (Å²) in [6, 6.07) is 3.46. The Morgan fingerprint density at radius 2 is 1.61 bits per heavy atom. The van der Waals surface area contributed by atoms with E-state index >= 15 is 0 Å². The van der Waals surface area contributed by atoms with E-state index in [1.165, 1.54) is 18.3 Å². The maximum absolute atomic E-state index is 14.8. The number of anilines is 2. The second kappa shape index (κ2) is 8.37. The first-order chi connectivity index (χ1) is 14.9. The summed E-state index contributed by atoms with van der Waals surface area (Å²) >= 11 is 0. The molecule has 10 heteroatoms. The maximum Gasteiger partial charge on any atom is 0.234 e. The Kier molecular flexibility index (Phi) is 5.62. The van der Waals surface area contributed by atoms with Crippen LogP contribution in [0, 0.1) is 17.5 Å². The Morgan fingerprint density at radius 3 is 2.19 bits per heavy atom. The highest BCUT2D eigenvalue weighted by Crippen LogP contribution is 2.32. The van der Waals surface area contributed by atoms with Crippen molar-refractivity contribution in [3.8, 4) is 0 Å². The number of amides is 2. The molecule has 162 valence electrons. The van der Waals surface area contributed by atoms with Gasteiger partial charge in [0, 0.05) is 55.6 Å². The largest absolute Gasteiger partial charge is 0.368 e. The molecule has 1 aromatic carbocycles. The molecule has 2 fully saturated rings. The van der Waals surface area contributed by atoms with Gasteiger partial charge in [-0.2, -0.15) is 0 Å². The van der Waals surface area contributed by atoms with Gasteiger partial charge in [0.15, 0.2) is 17.9 Å². The predicted octanol–water partition coefficient (Wildman–Crippen LogP) is 2.16. The summed E-state index contributed by atoms with van der Waals surface area (Å²) in [4.78, 5) is 41.5. The number of hydrogen-bond donors (Lipinski definition) is 1. The van der Waals surface area contributed by atoms with E-state index in [2.05, 4.69) is 10.3 Å². The predicted molar refractivity (Wildman–Crippen MR) is 105 cm³/mol. The third-order valence-electron chi connectivity index (χ3n) is 5.57. The highest BCUT2D eigenvalue weighted by atomic mass is 19.1. The molecule has 2 amide bonds. The van der Waals surface area contributed by atoms with Gasteiger partial charge in [-0.1, -0.05) is 0 Å². The third kappa shape index (κ3) is 4.10. The summed E-state index contributed by atoms with van der Waals surface area (Å²) in [5.41, 5.74) is 0.117. The van der Waals surface area contributed by atoms with Gasteiger partial charge in [-0.05, 0) is 24.6 Å². The van der Waals surface area contributed by atoms with Crippen molar-refractivity contribution < 1.29 is 27.6 Å². The van der Waals surface area contributed by atoms with E-state index in [-0.39, 0.29) is 29.8 Å². The van der Waals surface area contributed by atoms with Gasteiger partial charge in [0.25, 0.3) is 0 Å². The van der Waals surface area contributed by atoms with E-state index in [9.17, 15) is 27.6 Å². The molecule has 1 atom stereocenters. The van der Waals surface area contributed by atoms with Crippen molar-refractivity contribution in [1.82, 2.24) is 10.3 Å². The first-order valence-corrected chi connectivity index (χ1v) is 9.80. The zero-order valence-electron chi connectivity index (χ0n) is 16.4. The lowest BCUT2D eigenvalue weighted by Crippen LogP contribution is -2.47. The molecule has 0 radical (unpaired) electrons. The minimum Gasteiger partial charge on any atom is -0.368 e. The number of pyridine rings is 1. The normalized spacial score (nSPS) is 19.4. The van der Waals surface area contributed by atoms with E-state index in [0.717, 1.165) is 6.07 Å². The number of imide groups is 1. The molecule has 0 spiro atoms. The Balaban J connectivity index is 1.48. The van der Waals surface area contributed by atoms with Crippen LogP contribution < -0.4 is 15.1 Å². The lowest BCUT2D eigenvalue weighted by Gasteiger charge is -2.37. The smallest absolute Gasteiger partial charge is 0.234 e. The zero-order chi connectivity index (χ0) is 22.1. The van der Waals surface area contributed by atoms with Crippen LogP contribution in [0.15, 0.2) is 24.4 Å². The summed E-state index contributed by atoms with van der Waals surface area (Å²) in [6.07, 6.45) is 1.88. The molecule has 1 aromatic heterocycles. The van der Waals surface area contributed by atoms with Gasteiger partial charge in [-0.25, -0.2) is 18.2 Å². The fourth-order valence-corrected chi connectivity index (χ4v) is 3.97. The van der Waals surface area contributed by atoms with Crippen LogP contribution in [0.5, 0.6) is 0 Å². The fraction of sp³-hybridized carbons (Fsp3) is 0.333. The standard InChI is InChI=1S/C21H19F3N4O3/c22-15-8-13(9-16(23)19(15)14-1-2-18(30)26-21(14)31)27-3-5-28(6-4-27)20-17(24)7-12(11-29)10-25-20/h7-11,14H,1-6H2,(H,26,30,31). The lowest BCUT2D eigenvalue weighted by atomic mass is 9.89. The number of nitrogens with one attached hydrogen (secondary N) is 1. The van der Waals surface area contributed by atoms with Crippen LogP contribution in [-0.2, 0) is 9.59 Å². The van der Waals surface area contributed by atoms with Crippen molar-refractivity contribution in [2.45, 2.75) is 18.8 Å². The number of carbonyl (C=O) groups is 3. The molecule has 31 heavy (non-hydrogen) atoms. The average molecular weight is 432 g/mol. The number of rotatable bonds is 4. The van der Waals surface area contributed by atoms with E-state index in [1.54, 1.807) is 9.80 Å². The summed E-state index contributed by atoms with van der Waals surface area (Å²) < 4.78 is 43.7. The Hall–Kier alpha value is -3.43. The van der Waals surface area contributed by atoms with E-state index in [4.69, 9.17) is 0 Å². The van der Waals surface area contributed by atoms with Crippen LogP contribution in [-0.4, -0.2) is 49.3 Å². The number of piperidine rings is 1. The molecule has 4 rings (SSSR count). The lowest BCUT2D eigenvalue weighted by molar-refractivity contribution is -0.134. The summed E-state index contributed by atoms with van der Waals surface area (Å²) in [5, 5.41) is 2.11. The monoisotopic (exact) mass is 432 g/mol. The first kappa shape index (κ1) is 20.8. The van der Waals surface area contributed by atoms with Crippen LogP contribution in [0.25, 0.3) is 0 Å². The summed E-state index contributed by atoms with van der Waals surface area (Å²) in [6.45, 7) is 1.46. The SMILES string of the molecule is O=Cc1cnc(N2CCN(c3cc(F)c(C4CCC(=O)NC4=O)c(F)c3)CC2)c(F)c1. The molecule has 2 saturated heterocycles. The number of carbonyl (C=O) groups excluding carboxylic acids is 3. The van der Waals surface area contributed by atoms with Crippen molar-refractivity contribution in [2.24, 2.45) is 0 Å². The number of nitrogens with zero attached hydrogens (tertiary/aromatic N) is 3. The van der Waals surface area contributed by atoms with Crippen molar-refractivity contribution >= 4 is 29.6 Å². The Morgan fingerprint density at radius 1 is 0.968 bits per heavy atom. The molecule has 2 aliphatic rings. The molecule has 3 heterocycles. The average Bonchev–Trinajstić information content (AvgIpc) is 2.74. The molecule has 0 aliphatic carbocycles. The summed E-state index contributed by atoms with van der Waals surface area (Å²) in [7, 11) is 0. The summed E-state index contributed by atoms with van der Waals surface area (Å²) in [5.74, 6) is -4.38. The number of hydrogen-bond acceptors (Lipinski definition) is 6. The van der Waals surface area contributed by atoms with Gasteiger partial charge in [0.1, 0.15) is 11.6 Å². The number of benzene rings is 1. The van der Waals surface area contributed by atoms with Crippen LogP contribution in [0.4, 0.5) is 24.7 Å². The van der Waals surface area contributed by atoms with Crippen LogP contribution in [0.2, 0.25) is 0 Å². The molecule has 7 nitrogen and oxygen atoms in total. The van der Waals surface area contributed by atoms with Gasteiger partial charge < -0.3 is 9.80 Å². The number of aromatic nitrogens is 1. The van der Waals surface area contributed by atoms with E-state index in [0.29, 0.717) is 38.2 Å². The quantitative estimate of drug-likeness (QED) is 0.589. The molecule has 0 saturated carbocycles. The highest BCUT2D eigenvalue weighted by Gasteiger charge is 2.33. The van der Waals surface area contributed by atoms with Gasteiger partial charge in [-0.3, -0.25) is 19.7 Å². The molecule has 0 bridgehead atoms. The minimum absolute atomic E-state index is 0.0252. The van der Waals surface area contributed by atoms with E-state index < -0.39 is 35.2 Å². The van der Waals surface area contributed by atoms with Crippen molar-refractivity contribution in [3.63, 3.8) is 0 Å². The molecular weight excluding hydrogens is 413 g/mol. The maximum atomic E-state index is 14.8. The molecule has 2 aliphatic heterocycles. The van der Waals surface area contributed by atoms with Crippen molar-refractivity contribution in [3.05, 3.63) is 53.0 Å². The highest BCUT2D eigenvalue weighted by molar-refractivity contribution is 6.01. The number of piperazine rings is 1. The molecular formula is C21H19F3N4O3.